The zero-order valence-corrected chi connectivity index (χ0v) is 10.7. The summed E-state index contributed by atoms with van der Waals surface area (Å²) >= 11 is 0. The second kappa shape index (κ2) is 5.69. The van der Waals surface area contributed by atoms with Crippen LogP contribution < -0.4 is 15.0 Å². The van der Waals surface area contributed by atoms with Gasteiger partial charge in [0.1, 0.15) is 5.75 Å². The van der Waals surface area contributed by atoms with Crippen LogP contribution >= 0.6 is 0 Å². The van der Waals surface area contributed by atoms with Gasteiger partial charge in [-0.25, -0.2) is 0 Å². The van der Waals surface area contributed by atoms with Gasteiger partial charge in [-0.3, -0.25) is 0 Å². The van der Waals surface area contributed by atoms with Gasteiger partial charge in [0.05, 0.1) is 0 Å². The number of benzene rings is 1. The first-order chi connectivity index (χ1) is 8.96. The van der Waals surface area contributed by atoms with Crippen molar-refractivity contribution < 1.29 is 17.9 Å². The van der Waals surface area contributed by atoms with E-state index in [1.807, 2.05) is 0 Å². The van der Waals surface area contributed by atoms with Gasteiger partial charge in [0.25, 0.3) is 0 Å². The Kier molecular flexibility index (Phi) is 4.19. The van der Waals surface area contributed by atoms with Crippen LogP contribution in [0.15, 0.2) is 24.3 Å². The standard InChI is InChI=1S/C13H17F3N2O/c1-10-8-17-6-7-18(10)11-2-4-12(5-3-11)19-9-13(14,15)16/h2-5,10,17H,6-9H2,1H3. The first-order valence-corrected chi connectivity index (χ1v) is 6.23. The van der Waals surface area contributed by atoms with Gasteiger partial charge in [0.15, 0.2) is 6.61 Å². The number of alkyl halides is 3. The number of hydrogen-bond donors (Lipinski definition) is 1. The Labute approximate surface area is 110 Å². The van der Waals surface area contributed by atoms with E-state index in [-0.39, 0.29) is 5.75 Å². The van der Waals surface area contributed by atoms with Crippen molar-refractivity contribution in [3.8, 4) is 5.75 Å². The molecule has 3 nitrogen and oxygen atoms in total. The highest BCUT2D eigenvalue weighted by Gasteiger charge is 2.28. The second-order valence-electron chi connectivity index (χ2n) is 4.64. The highest BCUT2D eigenvalue weighted by atomic mass is 19.4. The fourth-order valence-corrected chi connectivity index (χ4v) is 2.12. The van der Waals surface area contributed by atoms with Crippen LogP contribution in [0.1, 0.15) is 6.92 Å². The van der Waals surface area contributed by atoms with E-state index in [4.69, 9.17) is 0 Å². The molecule has 0 saturated carbocycles. The molecule has 0 aliphatic carbocycles. The van der Waals surface area contributed by atoms with Crippen molar-refractivity contribution in [2.45, 2.75) is 19.1 Å². The highest BCUT2D eigenvalue weighted by Crippen LogP contribution is 2.23. The predicted octanol–water partition coefficient (Wildman–Crippen LogP) is 2.43. The monoisotopic (exact) mass is 274 g/mol. The van der Waals surface area contributed by atoms with Gasteiger partial charge in [0.2, 0.25) is 0 Å². The minimum absolute atomic E-state index is 0.240. The first-order valence-electron chi connectivity index (χ1n) is 6.23. The van der Waals surface area contributed by atoms with E-state index in [9.17, 15) is 13.2 Å². The van der Waals surface area contributed by atoms with E-state index >= 15 is 0 Å². The van der Waals surface area contributed by atoms with Gasteiger partial charge in [-0.15, -0.1) is 0 Å². The van der Waals surface area contributed by atoms with Crippen molar-refractivity contribution in [1.29, 1.82) is 0 Å². The lowest BCUT2D eigenvalue weighted by Gasteiger charge is -2.35. The van der Waals surface area contributed by atoms with Gasteiger partial charge in [-0.1, -0.05) is 0 Å². The molecule has 0 aromatic heterocycles. The summed E-state index contributed by atoms with van der Waals surface area (Å²) in [5, 5.41) is 3.29. The van der Waals surface area contributed by atoms with E-state index in [1.54, 1.807) is 24.3 Å². The number of nitrogens with one attached hydrogen (secondary N) is 1. The number of anilines is 1. The van der Waals surface area contributed by atoms with Crippen LogP contribution in [0.25, 0.3) is 0 Å². The Balaban J connectivity index is 1.98. The third kappa shape index (κ3) is 4.02. The fourth-order valence-electron chi connectivity index (χ4n) is 2.12. The Hall–Kier alpha value is -1.43. The van der Waals surface area contributed by atoms with E-state index in [2.05, 4.69) is 21.9 Å². The molecule has 0 amide bonds. The van der Waals surface area contributed by atoms with Crippen molar-refractivity contribution in [1.82, 2.24) is 5.32 Å². The molecule has 1 saturated heterocycles. The van der Waals surface area contributed by atoms with Gasteiger partial charge >= 0.3 is 6.18 Å². The topological polar surface area (TPSA) is 24.5 Å². The minimum Gasteiger partial charge on any atom is -0.484 e. The molecule has 1 unspecified atom stereocenters. The molecular formula is C13H17F3N2O. The fraction of sp³-hybridized carbons (Fsp3) is 0.538. The first kappa shape index (κ1) is 14.0. The smallest absolute Gasteiger partial charge is 0.422 e. The molecule has 106 valence electrons. The predicted molar refractivity (Wildman–Crippen MR) is 67.7 cm³/mol. The van der Waals surface area contributed by atoms with Gasteiger partial charge in [-0.05, 0) is 31.2 Å². The van der Waals surface area contributed by atoms with Crippen molar-refractivity contribution >= 4 is 5.69 Å². The maximum absolute atomic E-state index is 12.0. The van der Waals surface area contributed by atoms with Crippen LogP contribution in [0.2, 0.25) is 0 Å². The summed E-state index contributed by atoms with van der Waals surface area (Å²) in [5.41, 5.74) is 1.01. The number of nitrogens with zero attached hydrogens (tertiary/aromatic N) is 1. The van der Waals surface area contributed by atoms with Crippen molar-refractivity contribution in [3.05, 3.63) is 24.3 Å². The largest absolute Gasteiger partial charge is 0.484 e. The summed E-state index contributed by atoms with van der Waals surface area (Å²) in [6.07, 6.45) is -4.30. The number of rotatable bonds is 3. The lowest BCUT2D eigenvalue weighted by Crippen LogP contribution is -2.49. The highest BCUT2D eigenvalue weighted by molar-refractivity contribution is 5.50. The number of piperazine rings is 1. The molecule has 19 heavy (non-hydrogen) atoms. The van der Waals surface area contributed by atoms with Gasteiger partial charge < -0.3 is 15.0 Å². The van der Waals surface area contributed by atoms with Crippen LogP contribution in [-0.2, 0) is 0 Å². The van der Waals surface area contributed by atoms with Crippen molar-refractivity contribution in [2.24, 2.45) is 0 Å². The lowest BCUT2D eigenvalue weighted by molar-refractivity contribution is -0.153. The van der Waals surface area contributed by atoms with Crippen LogP contribution in [0.5, 0.6) is 5.75 Å². The third-order valence-corrected chi connectivity index (χ3v) is 3.07. The van der Waals surface area contributed by atoms with E-state index in [0.29, 0.717) is 6.04 Å². The lowest BCUT2D eigenvalue weighted by atomic mass is 10.2. The van der Waals surface area contributed by atoms with Crippen molar-refractivity contribution in [2.75, 3.05) is 31.1 Å². The summed E-state index contributed by atoms with van der Waals surface area (Å²) in [6, 6.07) is 7.13. The van der Waals surface area contributed by atoms with Crippen LogP contribution in [0.4, 0.5) is 18.9 Å². The van der Waals surface area contributed by atoms with Gasteiger partial charge in [-0.2, -0.15) is 13.2 Å². The van der Waals surface area contributed by atoms with Crippen LogP contribution in [-0.4, -0.2) is 38.5 Å². The Bertz CT molecular complexity index is 405. The average Bonchev–Trinajstić information content (AvgIpc) is 2.37. The summed E-state index contributed by atoms with van der Waals surface area (Å²) in [5.74, 6) is 0.240. The Morgan fingerprint density at radius 2 is 2.00 bits per heavy atom. The number of ether oxygens (including phenoxy) is 1. The molecule has 1 N–H and O–H groups in total. The molecule has 1 aromatic rings. The molecule has 0 spiro atoms. The van der Waals surface area contributed by atoms with E-state index in [0.717, 1.165) is 25.3 Å². The Morgan fingerprint density at radius 1 is 1.32 bits per heavy atom. The molecule has 1 heterocycles. The van der Waals surface area contributed by atoms with Crippen molar-refractivity contribution in [3.63, 3.8) is 0 Å². The summed E-state index contributed by atoms with van der Waals surface area (Å²) in [7, 11) is 0. The zero-order valence-electron chi connectivity index (χ0n) is 10.7. The average molecular weight is 274 g/mol. The molecule has 6 heteroatoms. The van der Waals surface area contributed by atoms with Gasteiger partial charge in [0, 0.05) is 31.4 Å². The molecule has 1 fully saturated rings. The molecule has 1 aliphatic rings. The maximum Gasteiger partial charge on any atom is 0.422 e. The second-order valence-corrected chi connectivity index (χ2v) is 4.64. The zero-order chi connectivity index (χ0) is 13.9. The SMILES string of the molecule is CC1CNCCN1c1ccc(OCC(F)(F)F)cc1. The summed E-state index contributed by atoms with van der Waals surface area (Å²) in [4.78, 5) is 2.23. The Morgan fingerprint density at radius 3 is 2.58 bits per heavy atom. The molecule has 0 bridgehead atoms. The summed E-state index contributed by atoms with van der Waals surface area (Å²) < 4.78 is 40.8. The van der Waals surface area contributed by atoms with Crippen LogP contribution in [0, 0.1) is 0 Å². The molecule has 2 rings (SSSR count). The number of hydrogen-bond acceptors (Lipinski definition) is 3. The maximum atomic E-state index is 12.0. The normalized spacial score (nSPS) is 20.4. The molecule has 1 atom stereocenters. The molecular weight excluding hydrogens is 257 g/mol. The quantitative estimate of drug-likeness (QED) is 0.916. The summed E-state index contributed by atoms with van der Waals surface area (Å²) in [6.45, 7) is 3.57. The van der Waals surface area contributed by atoms with Crippen LogP contribution in [0.3, 0.4) is 0 Å². The third-order valence-electron chi connectivity index (χ3n) is 3.07. The number of halogens is 3. The molecule has 1 aliphatic heterocycles. The minimum atomic E-state index is -4.30. The molecule has 1 aromatic carbocycles. The van der Waals surface area contributed by atoms with E-state index in [1.165, 1.54) is 0 Å². The molecule has 0 radical (unpaired) electrons. The van der Waals surface area contributed by atoms with E-state index < -0.39 is 12.8 Å².